The highest BCUT2D eigenvalue weighted by Gasteiger charge is 2.37. The first-order valence-electron chi connectivity index (χ1n) is 5.16. The zero-order valence-electron chi connectivity index (χ0n) is 9.97. The maximum Gasteiger partial charge on any atom is 0.188 e. The minimum atomic E-state index is -2.09. The Balaban J connectivity index is 2.68. The Kier molecular flexibility index (Phi) is 4.80. The molecular formula is C10H17Br2NOSSi. The van der Waals surface area contributed by atoms with Gasteiger partial charge in [0.1, 0.15) is 4.60 Å². The Morgan fingerprint density at radius 3 is 2.31 bits per heavy atom. The molecule has 6 heteroatoms. The van der Waals surface area contributed by atoms with E-state index in [-0.39, 0.29) is 5.04 Å². The largest absolute Gasteiger partial charge is 0.432 e. The van der Waals surface area contributed by atoms with Crippen molar-refractivity contribution in [2.75, 3.05) is 0 Å². The van der Waals surface area contributed by atoms with Gasteiger partial charge >= 0.3 is 0 Å². The molecule has 0 fully saturated rings. The van der Waals surface area contributed by atoms with Gasteiger partial charge in [0.05, 0.1) is 0 Å². The fourth-order valence-corrected chi connectivity index (χ4v) is 4.34. The quantitative estimate of drug-likeness (QED) is 0.768. The molecule has 0 atom stereocenters. The Morgan fingerprint density at radius 1 is 1.38 bits per heavy atom. The molecule has 0 bridgehead atoms. The lowest BCUT2D eigenvalue weighted by atomic mass is 10.1. The average molecular weight is 387 g/mol. The van der Waals surface area contributed by atoms with Gasteiger partial charge in [0.15, 0.2) is 12.2 Å². The van der Waals surface area contributed by atoms with Crippen LogP contribution in [-0.4, -0.2) is 18.1 Å². The molecule has 0 radical (unpaired) electrons. The molecule has 0 aliphatic rings. The highest BCUT2D eigenvalue weighted by atomic mass is 79.9. The number of nitrogens with zero attached hydrogens (tertiary/aromatic N) is 1. The zero-order valence-corrected chi connectivity index (χ0v) is 15.0. The molecule has 16 heavy (non-hydrogen) atoms. The number of hydrogen-bond donors (Lipinski definition) is 1. The van der Waals surface area contributed by atoms with Gasteiger partial charge in [-0.05, 0) is 62.8 Å². The van der Waals surface area contributed by atoms with Crippen LogP contribution < -0.4 is 0 Å². The summed E-state index contributed by atoms with van der Waals surface area (Å²) in [7, 11) is -2.09. The third kappa shape index (κ3) is 3.63. The van der Waals surface area contributed by atoms with Crippen LogP contribution in [0.3, 0.4) is 0 Å². The van der Waals surface area contributed by atoms with Crippen LogP contribution in [0.1, 0.15) is 25.1 Å². The molecule has 1 heterocycles. The van der Waals surface area contributed by atoms with E-state index in [4.69, 9.17) is 0 Å². The molecule has 0 saturated carbocycles. The van der Waals surface area contributed by atoms with E-state index < -0.39 is 8.32 Å². The van der Waals surface area contributed by atoms with E-state index in [2.05, 4.69) is 50.7 Å². The topological polar surface area (TPSA) is 33.1 Å². The third-order valence-electron chi connectivity index (χ3n) is 3.26. The molecule has 1 aromatic rings. The van der Waals surface area contributed by atoms with Crippen LogP contribution in [0.2, 0.25) is 18.1 Å². The average Bonchev–Trinajstić information content (AvgIpc) is 2.39. The van der Waals surface area contributed by atoms with E-state index in [0.29, 0.717) is 0 Å². The minimum Gasteiger partial charge on any atom is -0.432 e. The van der Waals surface area contributed by atoms with Gasteiger partial charge in [-0.3, -0.25) is 0 Å². The summed E-state index contributed by atoms with van der Waals surface area (Å²) >= 11 is 8.49. The van der Waals surface area contributed by atoms with Crippen molar-refractivity contribution in [3.8, 4) is 0 Å². The van der Waals surface area contributed by atoms with Gasteiger partial charge in [0.2, 0.25) is 0 Å². The molecule has 92 valence electrons. The van der Waals surface area contributed by atoms with Crippen molar-refractivity contribution in [1.29, 1.82) is 0 Å². The Labute approximate surface area is 119 Å². The summed E-state index contributed by atoms with van der Waals surface area (Å²) in [6.45, 7) is 8.32. The molecule has 1 rings (SSSR count). The van der Waals surface area contributed by atoms with Crippen molar-refractivity contribution in [3.63, 3.8) is 0 Å². The highest BCUT2D eigenvalue weighted by molar-refractivity contribution is 9.11. The van der Waals surface area contributed by atoms with Crippen LogP contribution in [-0.2, 0) is 6.42 Å². The normalized spacial score (nSPS) is 13.2. The van der Waals surface area contributed by atoms with Crippen LogP contribution in [0.25, 0.3) is 0 Å². The van der Waals surface area contributed by atoms with Gasteiger partial charge in [0.25, 0.3) is 0 Å². The standard InChI is InChI=1S/C10H17Br2NOSSi/c1-10(2,16(3,4)14)6-5-7-8(11)13-9(12)15-7/h14H,5-6H2,1-4H3. The summed E-state index contributed by atoms with van der Waals surface area (Å²) in [5, 5.41) is 0.0307. The molecule has 0 aromatic carbocycles. The van der Waals surface area contributed by atoms with Gasteiger partial charge in [-0.1, -0.05) is 13.8 Å². The lowest BCUT2D eigenvalue weighted by Gasteiger charge is -2.34. The van der Waals surface area contributed by atoms with Crippen LogP contribution in [0.4, 0.5) is 0 Å². The Morgan fingerprint density at radius 2 is 1.94 bits per heavy atom. The second-order valence-electron chi connectivity index (χ2n) is 5.12. The summed E-state index contributed by atoms with van der Waals surface area (Å²) < 4.78 is 1.84. The minimum absolute atomic E-state index is 0.0307. The van der Waals surface area contributed by atoms with E-state index in [9.17, 15) is 4.80 Å². The van der Waals surface area contributed by atoms with Gasteiger partial charge in [-0.15, -0.1) is 11.3 Å². The fourth-order valence-electron chi connectivity index (χ4n) is 1.19. The monoisotopic (exact) mass is 385 g/mol. The lowest BCUT2D eigenvalue weighted by Crippen LogP contribution is -2.39. The van der Waals surface area contributed by atoms with Gasteiger partial charge < -0.3 is 4.80 Å². The zero-order chi connectivity index (χ0) is 12.6. The number of aryl methyl sites for hydroxylation is 1. The van der Waals surface area contributed by atoms with Crippen LogP contribution in [0, 0.1) is 0 Å². The first kappa shape index (κ1) is 14.8. The molecule has 1 aromatic heterocycles. The first-order valence-corrected chi connectivity index (χ1v) is 10.5. The fraction of sp³-hybridized carbons (Fsp3) is 0.700. The molecule has 0 aliphatic carbocycles. The molecule has 0 spiro atoms. The van der Waals surface area contributed by atoms with Crippen LogP contribution in [0.15, 0.2) is 8.52 Å². The molecule has 0 aliphatic heterocycles. The maximum absolute atomic E-state index is 10.2. The summed E-state index contributed by atoms with van der Waals surface area (Å²) in [4.78, 5) is 15.7. The smallest absolute Gasteiger partial charge is 0.188 e. The van der Waals surface area contributed by atoms with Crippen molar-refractivity contribution in [2.45, 2.75) is 44.8 Å². The van der Waals surface area contributed by atoms with Crippen LogP contribution >= 0.6 is 43.2 Å². The van der Waals surface area contributed by atoms with Crippen molar-refractivity contribution in [2.24, 2.45) is 0 Å². The van der Waals surface area contributed by atoms with E-state index in [1.165, 1.54) is 4.88 Å². The molecule has 0 saturated heterocycles. The maximum atomic E-state index is 10.2. The number of rotatable bonds is 4. The lowest BCUT2D eigenvalue weighted by molar-refractivity contribution is 0.452. The van der Waals surface area contributed by atoms with Gasteiger partial charge in [0, 0.05) is 4.88 Å². The predicted molar refractivity (Wildman–Crippen MR) is 79.6 cm³/mol. The second kappa shape index (κ2) is 5.18. The van der Waals surface area contributed by atoms with Gasteiger partial charge in [-0.25, -0.2) is 4.98 Å². The highest BCUT2D eigenvalue weighted by Crippen LogP contribution is 2.41. The van der Waals surface area contributed by atoms with E-state index >= 15 is 0 Å². The first-order chi connectivity index (χ1) is 7.13. The van der Waals surface area contributed by atoms with Gasteiger partial charge in [-0.2, -0.15) is 0 Å². The van der Waals surface area contributed by atoms with Crippen LogP contribution in [0.5, 0.6) is 0 Å². The predicted octanol–water partition coefficient (Wildman–Crippen LogP) is 4.58. The second-order valence-corrected chi connectivity index (χ2v) is 12.7. The number of hydrogen-bond acceptors (Lipinski definition) is 3. The summed E-state index contributed by atoms with van der Waals surface area (Å²) in [6.07, 6.45) is 1.96. The van der Waals surface area contributed by atoms with E-state index in [0.717, 1.165) is 21.4 Å². The van der Waals surface area contributed by atoms with E-state index in [1.807, 2.05) is 13.1 Å². The number of thiazole rings is 1. The number of halogens is 2. The van der Waals surface area contributed by atoms with Crippen molar-refractivity contribution >= 4 is 51.5 Å². The summed E-state index contributed by atoms with van der Waals surface area (Å²) in [6, 6.07) is 0. The molecular weight excluding hydrogens is 370 g/mol. The molecule has 2 nitrogen and oxygen atoms in total. The van der Waals surface area contributed by atoms with Crippen molar-refractivity contribution < 1.29 is 4.80 Å². The van der Waals surface area contributed by atoms with Crippen molar-refractivity contribution in [1.82, 2.24) is 4.98 Å². The summed E-state index contributed by atoms with van der Waals surface area (Å²) in [5.41, 5.74) is 0. The van der Waals surface area contributed by atoms with E-state index in [1.54, 1.807) is 11.3 Å². The molecule has 1 N–H and O–H groups in total. The Hall–Kier alpha value is 0.767. The van der Waals surface area contributed by atoms with Crippen molar-refractivity contribution in [3.05, 3.63) is 13.4 Å². The number of aromatic nitrogens is 1. The third-order valence-corrected chi connectivity index (χ3v) is 9.30. The SMILES string of the molecule is CC(C)(CCc1sc(Br)nc1Br)[Si](C)(C)O. The summed E-state index contributed by atoms with van der Waals surface area (Å²) in [5.74, 6) is 0. The molecule has 0 unspecified atom stereocenters. The Bertz CT molecular complexity index is 373. The molecule has 0 amide bonds.